The van der Waals surface area contributed by atoms with Crippen molar-refractivity contribution in [2.45, 2.75) is 27.2 Å². The van der Waals surface area contributed by atoms with Gasteiger partial charge in [-0.1, -0.05) is 54.7 Å². The number of rotatable bonds is 9. The van der Waals surface area contributed by atoms with Crippen LogP contribution in [0.5, 0.6) is 0 Å². The number of thiazole rings is 1. The molecule has 7 nitrogen and oxygen atoms in total. The van der Waals surface area contributed by atoms with E-state index in [0.29, 0.717) is 28.1 Å². The highest BCUT2D eigenvalue weighted by atomic mass is 35.5. The van der Waals surface area contributed by atoms with Crippen LogP contribution < -0.4 is 10.6 Å². The van der Waals surface area contributed by atoms with Gasteiger partial charge >= 0.3 is 0 Å². The Bertz CT molecular complexity index is 1210. The summed E-state index contributed by atoms with van der Waals surface area (Å²) in [6.45, 7) is 6.08. The standard InChI is InChI=1S/C25H26Cl2N4O3S/c1-15(2)12-31(24(34)20-9-6-17(26)10-21(20)27)13-23(33)30-25-29-19(14-35-25)11-22(32)28-18-7-4-16(3)5-8-18/h4-10,14-15H,11-13H2,1-3H3,(H,28,32)(H,29,30,33). The van der Waals surface area contributed by atoms with Crippen molar-refractivity contribution < 1.29 is 14.4 Å². The molecule has 3 amide bonds. The fourth-order valence-electron chi connectivity index (χ4n) is 3.28. The number of aromatic nitrogens is 1. The third kappa shape index (κ3) is 8.06. The second-order valence-corrected chi connectivity index (χ2v) is 10.2. The van der Waals surface area contributed by atoms with Crippen LogP contribution in [0, 0.1) is 12.8 Å². The van der Waals surface area contributed by atoms with Gasteiger partial charge in [-0.3, -0.25) is 14.4 Å². The minimum atomic E-state index is -0.394. The Labute approximate surface area is 218 Å². The number of carbonyl (C=O) groups is 3. The van der Waals surface area contributed by atoms with Crippen LogP contribution in [-0.2, 0) is 16.0 Å². The van der Waals surface area contributed by atoms with Crippen LogP contribution >= 0.6 is 34.5 Å². The molecule has 0 aliphatic carbocycles. The molecule has 1 aromatic heterocycles. The minimum absolute atomic E-state index is 0.0767. The molecule has 1 heterocycles. The number of hydrogen-bond acceptors (Lipinski definition) is 5. The number of halogens is 2. The molecule has 10 heteroatoms. The average molecular weight is 533 g/mol. The van der Waals surface area contributed by atoms with Crippen molar-refractivity contribution >= 4 is 63.1 Å². The Morgan fingerprint density at radius 2 is 1.74 bits per heavy atom. The Kier molecular flexibility index (Phi) is 9.26. The molecule has 3 aromatic rings. The maximum absolute atomic E-state index is 13.1. The summed E-state index contributed by atoms with van der Waals surface area (Å²) in [6.07, 6.45) is 0.0767. The zero-order chi connectivity index (χ0) is 25.5. The van der Waals surface area contributed by atoms with Crippen LogP contribution in [0.25, 0.3) is 0 Å². The van der Waals surface area contributed by atoms with E-state index in [-0.39, 0.29) is 41.3 Å². The molecule has 0 bridgehead atoms. The molecule has 2 aromatic carbocycles. The van der Waals surface area contributed by atoms with E-state index < -0.39 is 5.91 Å². The van der Waals surface area contributed by atoms with E-state index in [4.69, 9.17) is 23.2 Å². The quantitative estimate of drug-likeness (QED) is 0.371. The summed E-state index contributed by atoms with van der Waals surface area (Å²) in [4.78, 5) is 43.8. The molecule has 0 saturated heterocycles. The maximum Gasteiger partial charge on any atom is 0.255 e. The summed E-state index contributed by atoms with van der Waals surface area (Å²) in [5, 5.41) is 8.26. The Morgan fingerprint density at radius 1 is 1.03 bits per heavy atom. The monoisotopic (exact) mass is 532 g/mol. The van der Waals surface area contributed by atoms with Gasteiger partial charge in [-0.2, -0.15) is 0 Å². The van der Waals surface area contributed by atoms with E-state index in [0.717, 1.165) is 5.56 Å². The van der Waals surface area contributed by atoms with Gasteiger partial charge in [0, 0.05) is 22.6 Å². The number of amides is 3. The molecular formula is C25H26Cl2N4O3S. The SMILES string of the molecule is Cc1ccc(NC(=O)Cc2csc(NC(=O)CN(CC(C)C)C(=O)c3ccc(Cl)cc3Cl)n2)cc1. The molecule has 0 unspecified atom stereocenters. The van der Waals surface area contributed by atoms with Gasteiger partial charge < -0.3 is 15.5 Å². The lowest BCUT2D eigenvalue weighted by atomic mass is 10.1. The van der Waals surface area contributed by atoms with Gasteiger partial charge in [-0.15, -0.1) is 11.3 Å². The van der Waals surface area contributed by atoms with E-state index >= 15 is 0 Å². The third-order valence-corrected chi connectivity index (χ3v) is 6.20. The third-order valence-electron chi connectivity index (χ3n) is 4.84. The van der Waals surface area contributed by atoms with Gasteiger partial charge in [0.2, 0.25) is 11.8 Å². The Balaban J connectivity index is 1.60. The lowest BCUT2D eigenvalue weighted by molar-refractivity contribution is -0.117. The molecule has 0 atom stereocenters. The number of anilines is 2. The topological polar surface area (TPSA) is 91.4 Å². The first-order valence-electron chi connectivity index (χ1n) is 11.0. The van der Waals surface area contributed by atoms with Gasteiger partial charge in [0.1, 0.15) is 6.54 Å². The summed E-state index contributed by atoms with van der Waals surface area (Å²) in [6, 6.07) is 12.1. The highest BCUT2D eigenvalue weighted by molar-refractivity contribution is 7.13. The summed E-state index contributed by atoms with van der Waals surface area (Å²) in [7, 11) is 0. The van der Waals surface area contributed by atoms with E-state index in [9.17, 15) is 14.4 Å². The van der Waals surface area contributed by atoms with Gasteiger partial charge in [0.05, 0.1) is 22.7 Å². The maximum atomic E-state index is 13.1. The minimum Gasteiger partial charge on any atom is -0.329 e. The number of carbonyl (C=O) groups excluding carboxylic acids is 3. The lowest BCUT2D eigenvalue weighted by Gasteiger charge is -2.24. The highest BCUT2D eigenvalue weighted by Gasteiger charge is 2.22. The van der Waals surface area contributed by atoms with Crippen LogP contribution in [0.3, 0.4) is 0 Å². The number of aryl methyl sites for hydroxylation is 1. The second kappa shape index (κ2) is 12.2. The summed E-state index contributed by atoms with van der Waals surface area (Å²) in [5.74, 6) is -0.820. The first kappa shape index (κ1) is 26.7. The zero-order valence-electron chi connectivity index (χ0n) is 19.6. The van der Waals surface area contributed by atoms with E-state index in [2.05, 4.69) is 15.6 Å². The Morgan fingerprint density at radius 3 is 2.40 bits per heavy atom. The fraction of sp³-hybridized carbons (Fsp3) is 0.280. The largest absolute Gasteiger partial charge is 0.329 e. The van der Waals surface area contributed by atoms with Gasteiger partial charge in [-0.25, -0.2) is 4.98 Å². The fourth-order valence-corrected chi connectivity index (χ4v) is 4.49. The summed E-state index contributed by atoms with van der Waals surface area (Å²) < 4.78 is 0. The molecule has 3 rings (SSSR count). The Hall–Kier alpha value is -2.94. The molecule has 0 aliphatic rings. The van der Waals surface area contributed by atoms with Gasteiger partial charge in [0.25, 0.3) is 5.91 Å². The number of benzene rings is 2. The van der Waals surface area contributed by atoms with Crippen molar-refractivity contribution in [3.8, 4) is 0 Å². The summed E-state index contributed by atoms with van der Waals surface area (Å²) in [5.41, 5.74) is 2.63. The van der Waals surface area contributed by atoms with Crippen LogP contribution in [-0.4, -0.2) is 40.7 Å². The van der Waals surface area contributed by atoms with E-state index in [1.54, 1.807) is 17.5 Å². The van der Waals surface area contributed by atoms with Crippen LogP contribution in [0.2, 0.25) is 10.0 Å². The van der Waals surface area contributed by atoms with Crippen molar-refractivity contribution in [2.75, 3.05) is 23.7 Å². The molecule has 0 aliphatic heterocycles. The normalized spacial score (nSPS) is 10.8. The predicted octanol–water partition coefficient (Wildman–Crippen LogP) is 5.68. The molecule has 0 spiro atoms. The molecule has 0 fully saturated rings. The lowest BCUT2D eigenvalue weighted by Crippen LogP contribution is -2.40. The predicted molar refractivity (Wildman–Crippen MR) is 141 cm³/mol. The van der Waals surface area contributed by atoms with Gasteiger partial charge in [0.15, 0.2) is 5.13 Å². The van der Waals surface area contributed by atoms with Gasteiger partial charge in [-0.05, 0) is 43.2 Å². The van der Waals surface area contributed by atoms with E-state index in [1.165, 1.54) is 22.3 Å². The molecule has 184 valence electrons. The van der Waals surface area contributed by atoms with Crippen molar-refractivity contribution in [2.24, 2.45) is 5.92 Å². The molecule has 2 N–H and O–H groups in total. The second-order valence-electron chi connectivity index (χ2n) is 8.49. The number of nitrogens with zero attached hydrogens (tertiary/aromatic N) is 2. The zero-order valence-corrected chi connectivity index (χ0v) is 21.9. The van der Waals surface area contributed by atoms with Crippen molar-refractivity contribution in [1.82, 2.24) is 9.88 Å². The van der Waals surface area contributed by atoms with Crippen molar-refractivity contribution in [1.29, 1.82) is 0 Å². The molecular weight excluding hydrogens is 507 g/mol. The smallest absolute Gasteiger partial charge is 0.255 e. The first-order valence-corrected chi connectivity index (χ1v) is 12.6. The van der Waals surface area contributed by atoms with E-state index in [1.807, 2.05) is 45.0 Å². The van der Waals surface area contributed by atoms with Crippen LogP contribution in [0.1, 0.15) is 35.5 Å². The van der Waals surface area contributed by atoms with Crippen molar-refractivity contribution in [3.63, 3.8) is 0 Å². The average Bonchev–Trinajstić information content (AvgIpc) is 3.20. The molecule has 0 saturated carbocycles. The number of nitrogens with one attached hydrogen (secondary N) is 2. The van der Waals surface area contributed by atoms with Crippen LogP contribution in [0.4, 0.5) is 10.8 Å². The molecule has 35 heavy (non-hydrogen) atoms. The number of hydrogen-bond donors (Lipinski definition) is 2. The highest BCUT2D eigenvalue weighted by Crippen LogP contribution is 2.23. The molecule has 0 radical (unpaired) electrons. The van der Waals surface area contributed by atoms with Crippen molar-refractivity contribution in [3.05, 3.63) is 74.7 Å². The first-order chi connectivity index (χ1) is 16.6. The summed E-state index contributed by atoms with van der Waals surface area (Å²) >= 11 is 13.4. The van der Waals surface area contributed by atoms with Crippen LogP contribution in [0.15, 0.2) is 47.8 Å².